The number of rotatable bonds is 2. The highest BCUT2D eigenvalue weighted by molar-refractivity contribution is 6.11. The van der Waals surface area contributed by atoms with Gasteiger partial charge in [0.05, 0.1) is 0 Å². The minimum absolute atomic E-state index is 0.348. The molecule has 0 spiro atoms. The molecule has 0 saturated heterocycles. The number of Topliss-reactive ketones (excluding diaryl/α,β-unsaturated/α-hetero) is 1. The highest BCUT2D eigenvalue weighted by atomic mass is 16.1. The van der Waals surface area contributed by atoms with Crippen molar-refractivity contribution in [3.63, 3.8) is 0 Å². The molecule has 21 heavy (non-hydrogen) atoms. The minimum Gasteiger partial charge on any atom is -0.294 e. The molecule has 0 N–H and O–H groups in total. The monoisotopic (exact) mass is 276 g/mol. The average molecular weight is 276 g/mol. The van der Waals surface area contributed by atoms with Gasteiger partial charge < -0.3 is 0 Å². The van der Waals surface area contributed by atoms with Crippen LogP contribution < -0.4 is 0 Å². The smallest absolute Gasteiger partial charge is 0.167 e. The number of aryl methyl sites for hydroxylation is 1. The first-order chi connectivity index (χ1) is 10.3. The van der Waals surface area contributed by atoms with E-state index in [1.54, 1.807) is 0 Å². The summed E-state index contributed by atoms with van der Waals surface area (Å²) in [7, 11) is 0. The Bertz CT molecular complexity index is 744. The predicted molar refractivity (Wildman–Crippen MR) is 84.3 cm³/mol. The Hall–Kier alpha value is -1.63. The van der Waals surface area contributed by atoms with E-state index in [0.717, 1.165) is 40.2 Å². The van der Waals surface area contributed by atoms with Crippen molar-refractivity contribution in [3.05, 3.63) is 47.5 Å². The lowest BCUT2D eigenvalue weighted by molar-refractivity contribution is 0.0945. The van der Waals surface area contributed by atoms with E-state index >= 15 is 0 Å². The molecule has 5 rings (SSSR count). The van der Waals surface area contributed by atoms with Crippen molar-refractivity contribution < 1.29 is 4.79 Å². The van der Waals surface area contributed by atoms with Crippen molar-refractivity contribution in [1.82, 2.24) is 0 Å². The van der Waals surface area contributed by atoms with Crippen LogP contribution >= 0.6 is 0 Å². The number of hydrogen-bond donors (Lipinski definition) is 0. The lowest BCUT2D eigenvalue weighted by Crippen LogP contribution is -2.12. The number of hydrogen-bond acceptors (Lipinski definition) is 1. The standard InChI is InChI=1S/C20H20O/c1-11-6-7-12-4-2-3-5-15(12)16(11)20(21)19-17-13-8-9-14(10-13)18(17)19/h2-7,13-14,17-19H,8-10H2,1H3. The third-order valence-corrected chi connectivity index (χ3v) is 6.42. The Labute approximate surface area is 125 Å². The van der Waals surface area contributed by atoms with Gasteiger partial charge in [-0.3, -0.25) is 4.79 Å². The highest BCUT2D eigenvalue weighted by Gasteiger charge is 2.67. The van der Waals surface area contributed by atoms with Gasteiger partial charge in [-0.15, -0.1) is 0 Å². The molecule has 1 nitrogen and oxygen atoms in total. The van der Waals surface area contributed by atoms with Crippen LogP contribution in [0.3, 0.4) is 0 Å². The molecule has 4 atom stereocenters. The summed E-state index contributed by atoms with van der Waals surface area (Å²) in [5.74, 6) is 3.98. The molecule has 3 aliphatic rings. The van der Waals surface area contributed by atoms with Gasteiger partial charge in [-0.2, -0.15) is 0 Å². The van der Waals surface area contributed by atoms with Gasteiger partial charge in [0.15, 0.2) is 5.78 Å². The molecule has 3 saturated carbocycles. The van der Waals surface area contributed by atoms with Gasteiger partial charge in [0.1, 0.15) is 0 Å². The molecule has 2 aromatic carbocycles. The molecule has 2 aromatic rings. The molecule has 0 aromatic heterocycles. The van der Waals surface area contributed by atoms with E-state index in [4.69, 9.17) is 0 Å². The second-order valence-corrected chi connectivity index (χ2v) is 7.36. The van der Waals surface area contributed by atoms with Crippen molar-refractivity contribution in [2.75, 3.05) is 0 Å². The molecule has 106 valence electrons. The van der Waals surface area contributed by atoms with E-state index in [1.165, 1.54) is 24.6 Å². The third-order valence-electron chi connectivity index (χ3n) is 6.42. The van der Waals surface area contributed by atoms with Gasteiger partial charge >= 0.3 is 0 Å². The lowest BCUT2D eigenvalue weighted by Gasteiger charge is -2.12. The predicted octanol–water partition coefficient (Wildman–Crippen LogP) is 4.62. The molecule has 0 amide bonds. The van der Waals surface area contributed by atoms with Crippen LogP contribution in [0.5, 0.6) is 0 Å². The van der Waals surface area contributed by atoms with E-state index in [2.05, 4.69) is 43.3 Å². The van der Waals surface area contributed by atoms with Gasteiger partial charge in [0.25, 0.3) is 0 Å². The van der Waals surface area contributed by atoms with Crippen LogP contribution in [0.4, 0.5) is 0 Å². The Kier molecular flexibility index (Phi) is 2.26. The zero-order valence-corrected chi connectivity index (χ0v) is 12.4. The Morgan fingerprint density at radius 2 is 1.71 bits per heavy atom. The van der Waals surface area contributed by atoms with Crippen LogP contribution in [0.15, 0.2) is 36.4 Å². The quantitative estimate of drug-likeness (QED) is 0.731. The highest BCUT2D eigenvalue weighted by Crippen LogP contribution is 2.70. The molecular weight excluding hydrogens is 256 g/mol. The SMILES string of the molecule is Cc1ccc2ccccc2c1C(=O)C1C2C3CCC(C3)C12. The van der Waals surface area contributed by atoms with Crippen molar-refractivity contribution >= 4 is 16.6 Å². The maximum Gasteiger partial charge on any atom is 0.167 e. The molecule has 4 unspecified atom stereocenters. The number of carbonyl (C=O) groups is 1. The number of carbonyl (C=O) groups excluding carboxylic acids is 1. The van der Waals surface area contributed by atoms with Crippen molar-refractivity contribution in [1.29, 1.82) is 0 Å². The Balaban J connectivity index is 1.59. The van der Waals surface area contributed by atoms with Crippen molar-refractivity contribution in [2.45, 2.75) is 26.2 Å². The normalized spacial score (nSPS) is 36.0. The fourth-order valence-electron chi connectivity index (χ4n) is 5.55. The van der Waals surface area contributed by atoms with E-state index in [9.17, 15) is 4.79 Å². The Morgan fingerprint density at radius 1 is 1.00 bits per heavy atom. The first kappa shape index (κ1) is 12.0. The summed E-state index contributed by atoms with van der Waals surface area (Å²) in [6, 6.07) is 12.6. The molecule has 0 radical (unpaired) electrons. The largest absolute Gasteiger partial charge is 0.294 e. The fraction of sp³-hybridized carbons (Fsp3) is 0.450. The van der Waals surface area contributed by atoms with E-state index in [-0.39, 0.29) is 0 Å². The van der Waals surface area contributed by atoms with Crippen LogP contribution in [-0.4, -0.2) is 5.78 Å². The zero-order valence-electron chi connectivity index (χ0n) is 12.4. The number of fused-ring (bicyclic) bond motifs is 6. The molecule has 2 bridgehead atoms. The van der Waals surface area contributed by atoms with Gasteiger partial charge in [-0.25, -0.2) is 0 Å². The second-order valence-electron chi connectivity index (χ2n) is 7.36. The number of ketones is 1. The summed E-state index contributed by atoms with van der Waals surface area (Å²) in [5.41, 5.74) is 2.16. The van der Waals surface area contributed by atoms with Crippen LogP contribution in [0.25, 0.3) is 10.8 Å². The molecule has 0 aliphatic heterocycles. The average Bonchev–Trinajstić information content (AvgIpc) is 2.94. The van der Waals surface area contributed by atoms with E-state index in [0.29, 0.717) is 11.7 Å². The van der Waals surface area contributed by atoms with Gasteiger partial charge in [-0.05, 0) is 66.2 Å². The first-order valence-corrected chi connectivity index (χ1v) is 8.28. The topological polar surface area (TPSA) is 17.1 Å². The first-order valence-electron chi connectivity index (χ1n) is 8.28. The van der Waals surface area contributed by atoms with Gasteiger partial charge in [0.2, 0.25) is 0 Å². The van der Waals surface area contributed by atoms with Gasteiger partial charge in [-0.1, -0.05) is 36.4 Å². The maximum atomic E-state index is 13.2. The van der Waals surface area contributed by atoms with Gasteiger partial charge in [0, 0.05) is 11.5 Å². The number of benzene rings is 2. The third kappa shape index (κ3) is 1.50. The van der Waals surface area contributed by atoms with E-state index in [1.807, 2.05) is 0 Å². The molecule has 3 fully saturated rings. The van der Waals surface area contributed by atoms with Crippen LogP contribution in [0, 0.1) is 36.5 Å². The summed E-state index contributed by atoms with van der Waals surface area (Å²) < 4.78 is 0. The molecule has 3 aliphatic carbocycles. The lowest BCUT2D eigenvalue weighted by atomic mass is 9.90. The summed E-state index contributed by atoms with van der Waals surface area (Å²) in [4.78, 5) is 13.2. The van der Waals surface area contributed by atoms with E-state index < -0.39 is 0 Å². The second kappa shape index (κ2) is 3.97. The zero-order chi connectivity index (χ0) is 14.1. The van der Waals surface area contributed by atoms with Crippen molar-refractivity contribution in [3.8, 4) is 0 Å². The van der Waals surface area contributed by atoms with Crippen LogP contribution in [0.2, 0.25) is 0 Å². The molecule has 0 heterocycles. The molecular formula is C20H20O. The van der Waals surface area contributed by atoms with Crippen molar-refractivity contribution in [2.24, 2.45) is 29.6 Å². The fourth-order valence-corrected chi connectivity index (χ4v) is 5.55. The summed E-state index contributed by atoms with van der Waals surface area (Å²) in [6.45, 7) is 2.09. The maximum absolute atomic E-state index is 13.2. The summed E-state index contributed by atoms with van der Waals surface area (Å²) in [5, 5.41) is 2.35. The molecule has 1 heteroatoms. The minimum atomic E-state index is 0.348. The summed E-state index contributed by atoms with van der Waals surface area (Å²) in [6.07, 6.45) is 4.17. The summed E-state index contributed by atoms with van der Waals surface area (Å²) >= 11 is 0. The Morgan fingerprint density at radius 3 is 2.48 bits per heavy atom. The van der Waals surface area contributed by atoms with Crippen LogP contribution in [0.1, 0.15) is 35.2 Å². The van der Waals surface area contributed by atoms with Crippen LogP contribution in [-0.2, 0) is 0 Å².